The van der Waals surface area contributed by atoms with Crippen molar-refractivity contribution < 1.29 is 29.4 Å². The van der Waals surface area contributed by atoms with Crippen LogP contribution in [0.25, 0.3) is 0 Å². The van der Waals surface area contributed by atoms with E-state index in [0.29, 0.717) is 5.56 Å². The molecule has 10 heteroatoms. The van der Waals surface area contributed by atoms with Gasteiger partial charge in [-0.3, -0.25) is 14.4 Å². The smallest absolute Gasteiger partial charge is 0.326 e. The number of carboxylic acid groups (broad SMARTS) is 1. The Morgan fingerprint density at radius 3 is 2.38 bits per heavy atom. The standard InChI is InChI=1S/C19H18ClN3O6/c20-14-7-11(17(26)22-9-10-2-1-3-12(24)6-10)4-5-13(14)18(27)23-15(19(28)29)8-16(21)25/h1-7,15,24H,8-9H2,(H2,21,25)(H,22,26)(H,23,27)(H,28,29)/t15-/m0/s1. The van der Waals surface area contributed by atoms with E-state index in [1.807, 2.05) is 0 Å². The third kappa shape index (κ3) is 6.22. The number of primary amides is 1. The Balaban J connectivity index is 2.06. The molecule has 2 rings (SSSR count). The predicted octanol–water partition coefficient (Wildman–Crippen LogP) is 1.03. The maximum Gasteiger partial charge on any atom is 0.326 e. The highest BCUT2D eigenvalue weighted by molar-refractivity contribution is 6.34. The lowest BCUT2D eigenvalue weighted by atomic mass is 10.1. The van der Waals surface area contributed by atoms with E-state index in [9.17, 15) is 24.3 Å². The second kappa shape index (κ2) is 9.56. The predicted molar refractivity (Wildman–Crippen MR) is 103 cm³/mol. The molecule has 0 aliphatic carbocycles. The third-order valence-electron chi connectivity index (χ3n) is 3.85. The van der Waals surface area contributed by atoms with Crippen LogP contribution in [0, 0.1) is 0 Å². The number of hydrogen-bond acceptors (Lipinski definition) is 5. The zero-order valence-electron chi connectivity index (χ0n) is 15.0. The number of hydrogen-bond donors (Lipinski definition) is 5. The molecule has 2 aromatic rings. The van der Waals surface area contributed by atoms with Gasteiger partial charge >= 0.3 is 5.97 Å². The summed E-state index contributed by atoms with van der Waals surface area (Å²) in [7, 11) is 0. The molecule has 0 aliphatic heterocycles. The monoisotopic (exact) mass is 419 g/mol. The first-order chi connectivity index (χ1) is 13.7. The first kappa shape index (κ1) is 21.7. The molecule has 0 spiro atoms. The van der Waals surface area contributed by atoms with E-state index in [1.165, 1.54) is 30.3 Å². The molecule has 9 nitrogen and oxygen atoms in total. The summed E-state index contributed by atoms with van der Waals surface area (Å²) in [5.74, 6) is -3.51. The Labute approximate surface area is 170 Å². The zero-order valence-corrected chi connectivity index (χ0v) is 15.8. The van der Waals surface area contributed by atoms with E-state index in [2.05, 4.69) is 10.6 Å². The third-order valence-corrected chi connectivity index (χ3v) is 4.16. The molecule has 29 heavy (non-hydrogen) atoms. The van der Waals surface area contributed by atoms with Crippen molar-refractivity contribution in [2.45, 2.75) is 19.0 Å². The molecule has 2 aromatic carbocycles. The number of phenols is 1. The number of rotatable bonds is 8. The van der Waals surface area contributed by atoms with Gasteiger partial charge < -0.3 is 26.6 Å². The molecule has 0 aromatic heterocycles. The van der Waals surface area contributed by atoms with E-state index in [1.54, 1.807) is 12.1 Å². The van der Waals surface area contributed by atoms with Crippen LogP contribution >= 0.6 is 11.6 Å². The van der Waals surface area contributed by atoms with Crippen LogP contribution in [0.3, 0.4) is 0 Å². The van der Waals surface area contributed by atoms with Crippen LogP contribution in [-0.2, 0) is 16.1 Å². The quantitative estimate of drug-likeness (QED) is 0.429. The van der Waals surface area contributed by atoms with Crippen molar-refractivity contribution in [2.24, 2.45) is 5.73 Å². The topological polar surface area (TPSA) is 159 Å². The summed E-state index contributed by atoms with van der Waals surface area (Å²) in [5, 5.41) is 23.2. The van der Waals surface area contributed by atoms with Crippen LogP contribution < -0.4 is 16.4 Å². The van der Waals surface area contributed by atoms with E-state index >= 15 is 0 Å². The average molecular weight is 420 g/mol. The van der Waals surface area contributed by atoms with Crippen molar-refractivity contribution in [2.75, 3.05) is 0 Å². The van der Waals surface area contributed by atoms with E-state index in [4.69, 9.17) is 22.4 Å². The minimum atomic E-state index is -1.50. The van der Waals surface area contributed by atoms with E-state index in [0.717, 1.165) is 0 Å². The Hall–Kier alpha value is -3.59. The lowest BCUT2D eigenvalue weighted by Crippen LogP contribution is -2.43. The number of carbonyl (C=O) groups is 4. The number of amides is 3. The Morgan fingerprint density at radius 1 is 1.07 bits per heavy atom. The first-order valence-electron chi connectivity index (χ1n) is 8.35. The summed E-state index contributed by atoms with van der Waals surface area (Å²) in [6.07, 6.45) is -0.575. The fraction of sp³-hybridized carbons (Fsp3) is 0.158. The largest absolute Gasteiger partial charge is 0.508 e. The minimum absolute atomic E-state index is 0.0630. The molecular formula is C19H18ClN3O6. The maximum atomic E-state index is 12.3. The summed E-state index contributed by atoms with van der Waals surface area (Å²) in [6.45, 7) is 0.167. The summed E-state index contributed by atoms with van der Waals surface area (Å²) in [6, 6.07) is 8.76. The van der Waals surface area contributed by atoms with Crippen LogP contribution in [0.4, 0.5) is 0 Å². The number of aliphatic carboxylic acids is 1. The highest BCUT2D eigenvalue weighted by Gasteiger charge is 2.24. The van der Waals surface area contributed by atoms with Gasteiger partial charge in [0, 0.05) is 12.1 Å². The van der Waals surface area contributed by atoms with Crippen LogP contribution in [0.1, 0.15) is 32.7 Å². The highest BCUT2D eigenvalue weighted by Crippen LogP contribution is 2.19. The zero-order chi connectivity index (χ0) is 21.6. The molecule has 0 saturated heterocycles. The molecular weight excluding hydrogens is 402 g/mol. The molecule has 0 unspecified atom stereocenters. The fourth-order valence-electron chi connectivity index (χ4n) is 2.43. The molecule has 3 amide bonds. The molecule has 0 aliphatic rings. The van der Waals surface area contributed by atoms with Crippen LogP contribution in [0.5, 0.6) is 5.75 Å². The summed E-state index contributed by atoms with van der Waals surface area (Å²) in [5.41, 5.74) is 5.78. The molecule has 0 saturated carbocycles. The van der Waals surface area contributed by atoms with Crippen molar-refractivity contribution >= 4 is 35.3 Å². The maximum absolute atomic E-state index is 12.3. The fourth-order valence-corrected chi connectivity index (χ4v) is 2.69. The van der Waals surface area contributed by atoms with Crippen molar-refractivity contribution in [3.05, 3.63) is 64.2 Å². The number of nitrogens with one attached hydrogen (secondary N) is 2. The highest BCUT2D eigenvalue weighted by atomic mass is 35.5. The molecule has 0 bridgehead atoms. The number of aromatic hydroxyl groups is 1. The lowest BCUT2D eigenvalue weighted by molar-refractivity contribution is -0.140. The number of carbonyl (C=O) groups excluding carboxylic acids is 3. The van der Waals surface area contributed by atoms with E-state index in [-0.39, 0.29) is 28.4 Å². The summed E-state index contributed by atoms with van der Waals surface area (Å²) in [4.78, 5) is 46.6. The molecule has 0 fully saturated rings. The van der Waals surface area contributed by atoms with E-state index < -0.39 is 36.2 Å². The van der Waals surface area contributed by atoms with Gasteiger partial charge in [-0.25, -0.2) is 4.79 Å². The van der Waals surface area contributed by atoms with Crippen LogP contribution in [0.15, 0.2) is 42.5 Å². The van der Waals surface area contributed by atoms with Crippen molar-refractivity contribution in [1.29, 1.82) is 0 Å². The van der Waals surface area contributed by atoms with Gasteiger partial charge in [-0.05, 0) is 35.9 Å². The number of carboxylic acids is 1. The van der Waals surface area contributed by atoms with Gasteiger partial charge in [-0.1, -0.05) is 23.7 Å². The van der Waals surface area contributed by atoms with Gasteiger partial charge in [0.15, 0.2) is 0 Å². The molecule has 0 radical (unpaired) electrons. The van der Waals surface area contributed by atoms with Gasteiger partial charge in [0.1, 0.15) is 11.8 Å². The number of nitrogens with two attached hydrogens (primary N) is 1. The summed E-state index contributed by atoms with van der Waals surface area (Å²) < 4.78 is 0. The normalized spacial score (nSPS) is 11.3. The SMILES string of the molecule is NC(=O)C[C@H](NC(=O)c1ccc(C(=O)NCc2cccc(O)c2)cc1Cl)C(=O)O. The van der Waals surface area contributed by atoms with Gasteiger partial charge in [0.05, 0.1) is 17.0 Å². The Bertz CT molecular complexity index is 963. The number of benzene rings is 2. The first-order valence-corrected chi connectivity index (χ1v) is 8.72. The molecule has 152 valence electrons. The molecule has 6 N–H and O–H groups in total. The van der Waals surface area contributed by atoms with Crippen molar-refractivity contribution in [1.82, 2.24) is 10.6 Å². The van der Waals surface area contributed by atoms with Crippen LogP contribution in [0.2, 0.25) is 5.02 Å². The van der Waals surface area contributed by atoms with Crippen molar-refractivity contribution in [3.8, 4) is 5.75 Å². The Morgan fingerprint density at radius 2 is 1.79 bits per heavy atom. The summed E-state index contributed by atoms with van der Waals surface area (Å²) >= 11 is 6.06. The molecule has 0 heterocycles. The number of halogens is 1. The minimum Gasteiger partial charge on any atom is -0.508 e. The number of phenolic OH excluding ortho intramolecular Hbond substituents is 1. The van der Waals surface area contributed by atoms with Gasteiger partial charge in [-0.2, -0.15) is 0 Å². The van der Waals surface area contributed by atoms with Crippen LogP contribution in [-0.4, -0.2) is 39.9 Å². The molecule has 1 atom stereocenters. The van der Waals surface area contributed by atoms with Crippen molar-refractivity contribution in [3.63, 3.8) is 0 Å². The average Bonchev–Trinajstić information content (AvgIpc) is 2.65. The lowest BCUT2D eigenvalue weighted by Gasteiger charge is -2.14. The second-order valence-electron chi connectivity index (χ2n) is 6.08. The van der Waals surface area contributed by atoms with Gasteiger partial charge in [0.2, 0.25) is 5.91 Å². The Kier molecular flexibility index (Phi) is 7.15. The second-order valence-corrected chi connectivity index (χ2v) is 6.49. The van der Waals surface area contributed by atoms with Gasteiger partial charge in [-0.15, -0.1) is 0 Å². The van der Waals surface area contributed by atoms with Gasteiger partial charge in [0.25, 0.3) is 11.8 Å².